The summed E-state index contributed by atoms with van der Waals surface area (Å²) >= 11 is 3.55. The molecule has 7 heteroatoms. The van der Waals surface area contributed by atoms with Gasteiger partial charge < -0.3 is 19.9 Å². The highest BCUT2D eigenvalue weighted by Gasteiger charge is 2.23. The number of nitrogens with zero attached hydrogens (tertiary/aromatic N) is 4. The third kappa shape index (κ3) is 3.52. The van der Waals surface area contributed by atoms with Crippen LogP contribution >= 0.6 is 15.9 Å². The molecule has 0 aromatic carbocycles. The van der Waals surface area contributed by atoms with Gasteiger partial charge in [0, 0.05) is 37.8 Å². The van der Waals surface area contributed by atoms with Crippen LogP contribution in [0.15, 0.2) is 4.60 Å². The number of likely N-dealkylation sites (tertiary alicyclic amines) is 1. The van der Waals surface area contributed by atoms with E-state index in [1.165, 1.54) is 12.8 Å². The molecule has 2 saturated heterocycles. The van der Waals surface area contributed by atoms with Gasteiger partial charge in [-0.1, -0.05) is 0 Å². The summed E-state index contributed by atoms with van der Waals surface area (Å²) in [6.07, 6.45) is 2.43. The fraction of sp³-hybridized carbons (Fsp3) is 0.733. The molecule has 2 fully saturated rings. The van der Waals surface area contributed by atoms with Crippen LogP contribution in [-0.2, 0) is 0 Å². The number of piperazine rings is 1. The van der Waals surface area contributed by atoms with Crippen molar-refractivity contribution in [1.29, 1.82) is 0 Å². The van der Waals surface area contributed by atoms with Crippen molar-refractivity contribution in [3.8, 4) is 6.01 Å². The van der Waals surface area contributed by atoms with Crippen LogP contribution in [0.2, 0.25) is 0 Å². The number of ether oxygens (including phenoxy) is 1. The molecule has 0 aliphatic carbocycles. The van der Waals surface area contributed by atoms with Crippen LogP contribution in [0, 0.1) is 6.92 Å². The van der Waals surface area contributed by atoms with Crippen molar-refractivity contribution in [2.45, 2.75) is 25.8 Å². The van der Waals surface area contributed by atoms with Gasteiger partial charge in [0.1, 0.15) is 17.0 Å². The first-order valence-corrected chi connectivity index (χ1v) is 8.77. The second kappa shape index (κ2) is 7.10. The molecule has 1 atom stereocenters. The van der Waals surface area contributed by atoms with E-state index in [-0.39, 0.29) is 0 Å². The quantitative estimate of drug-likeness (QED) is 0.810. The van der Waals surface area contributed by atoms with Crippen molar-refractivity contribution in [1.82, 2.24) is 20.2 Å². The van der Waals surface area contributed by atoms with E-state index >= 15 is 0 Å². The maximum Gasteiger partial charge on any atom is 0.319 e. The maximum absolute atomic E-state index is 5.89. The van der Waals surface area contributed by atoms with Crippen LogP contribution in [0.1, 0.15) is 18.4 Å². The molecule has 22 heavy (non-hydrogen) atoms. The summed E-state index contributed by atoms with van der Waals surface area (Å²) < 4.78 is 6.72. The molecule has 0 saturated carbocycles. The molecule has 0 spiro atoms. The van der Waals surface area contributed by atoms with E-state index in [1.54, 1.807) is 0 Å². The average molecular weight is 370 g/mol. The van der Waals surface area contributed by atoms with Crippen LogP contribution in [0.3, 0.4) is 0 Å². The highest BCUT2D eigenvalue weighted by Crippen LogP contribution is 2.27. The van der Waals surface area contributed by atoms with Gasteiger partial charge in [0.05, 0.1) is 0 Å². The summed E-state index contributed by atoms with van der Waals surface area (Å²) in [6, 6.07) is 0.956. The lowest BCUT2D eigenvalue weighted by atomic mass is 10.2. The van der Waals surface area contributed by atoms with E-state index in [9.17, 15) is 0 Å². The molecule has 3 rings (SSSR count). The van der Waals surface area contributed by atoms with Crippen molar-refractivity contribution in [2.75, 3.05) is 51.3 Å². The van der Waals surface area contributed by atoms with Crippen LogP contribution < -0.4 is 15.0 Å². The SMILES string of the molecule is Cc1c(Br)nc(OC[C@@H]2CCCN2C)nc1N1CCNCC1. The zero-order valence-corrected chi connectivity index (χ0v) is 14.9. The Kier molecular flexibility index (Phi) is 5.15. The Balaban J connectivity index is 1.72. The highest BCUT2D eigenvalue weighted by atomic mass is 79.9. The minimum Gasteiger partial charge on any atom is -0.462 e. The Morgan fingerprint density at radius 2 is 2.05 bits per heavy atom. The number of hydrogen-bond acceptors (Lipinski definition) is 6. The zero-order valence-electron chi connectivity index (χ0n) is 13.3. The number of likely N-dealkylation sites (N-methyl/N-ethyl adjacent to an activating group) is 1. The van der Waals surface area contributed by atoms with E-state index < -0.39 is 0 Å². The summed E-state index contributed by atoms with van der Waals surface area (Å²) in [5, 5.41) is 3.37. The van der Waals surface area contributed by atoms with Crippen LogP contribution in [-0.4, -0.2) is 67.3 Å². The van der Waals surface area contributed by atoms with Gasteiger partial charge in [-0.05, 0) is 49.3 Å². The van der Waals surface area contributed by atoms with Gasteiger partial charge in [0.25, 0.3) is 0 Å². The fourth-order valence-corrected chi connectivity index (χ4v) is 3.40. The molecule has 0 unspecified atom stereocenters. The lowest BCUT2D eigenvalue weighted by molar-refractivity contribution is 0.187. The smallest absolute Gasteiger partial charge is 0.319 e. The number of halogens is 1. The lowest BCUT2D eigenvalue weighted by Crippen LogP contribution is -2.44. The third-order valence-electron chi connectivity index (χ3n) is 4.53. The molecular formula is C15H24BrN5O. The van der Waals surface area contributed by atoms with Gasteiger partial charge in [-0.2, -0.15) is 9.97 Å². The second-order valence-corrected chi connectivity index (χ2v) is 6.82. The molecular weight excluding hydrogens is 346 g/mol. The molecule has 1 aromatic rings. The summed E-state index contributed by atoms with van der Waals surface area (Å²) in [4.78, 5) is 13.7. The average Bonchev–Trinajstić information content (AvgIpc) is 2.94. The number of rotatable bonds is 4. The van der Waals surface area contributed by atoms with Crippen LogP contribution in [0.25, 0.3) is 0 Å². The number of anilines is 1. The van der Waals surface area contributed by atoms with Gasteiger partial charge in [-0.25, -0.2) is 0 Å². The van der Waals surface area contributed by atoms with E-state index in [2.05, 4.69) is 55.0 Å². The Labute approximate surface area is 140 Å². The van der Waals surface area contributed by atoms with Crippen LogP contribution in [0.5, 0.6) is 6.01 Å². The molecule has 0 radical (unpaired) electrons. The van der Waals surface area contributed by atoms with Crippen molar-refractivity contribution >= 4 is 21.7 Å². The van der Waals surface area contributed by atoms with Gasteiger partial charge in [0.15, 0.2) is 0 Å². The van der Waals surface area contributed by atoms with E-state index in [1.807, 2.05) is 0 Å². The molecule has 2 aliphatic heterocycles. The van der Waals surface area contributed by atoms with Gasteiger partial charge in [-0.3, -0.25) is 0 Å². The highest BCUT2D eigenvalue weighted by molar-refractivity contribution is 9.10. The molecule has 1 aromatic heterocycles. The number of nitrogens with one attached hydrogen (secondary N) is 1. The number of aromatic nitrogens is 2. The second-order valence-electron chi connectivity index (χ2n) is 6.07. The molecule has 2 aliphatic rings. The Morgan fingerprint density at radius 1 is 1.27 bits per heavy atom. The van der Waals surface area contributed by atoms with Crippen molar-refractivity contribution in [3.63, 3.8) is 0 Å². The van der Waals surface area contributed by atoms with Gasteiger partial charge in [-0.15, -0.1) is 0 Å². The van der Waals surface area contributed by atoms with E-state index in [4.69, 9.17) is 4.74 Å². The van der Waals surface area contributed by atoms with Crippen molar-refractivity contribution in [2.24, 2.45) is 0 Å². The standard InChI is InChI=1S/C15H24BrN5O/c1-11-13(16)18-15(22-10-12-4-3-7-20(12)2)19-14(11)21-8-5-17-6-9-21/h12,17H,3-10H2,1-2H3/t12-/m0/s1. The van der Waals surface area contributed by atoms with E-state index in [0.717, 1.165) is 48.7 Å². The topological polar surface area (TPSA) is 53.5 Å². The normalized spacial score (nSPS) is 23.0. The lowest BCUT2D eigenvalue weighted by Gasteiger charge is -2.30. The minimum atomic E-state index is 0.478. The molecule has 122 valence electrons. The van der Waals surface area contributed by atoms with Gasteiger partial charge >= 0.3 is 6.01 Å². The molecule has 0 amide bonds. The Hall–Kier alpha value is -0.920. The minimum absolute atomic E-state index is 0.478. The fourth-order valence-electron chi connectivity index (χ4n) is 3.07. The molecule has 3 heterocycles. The summed E-state index contributed by atoms with van der Waals surface area (Å²) in [7, 11) is 2.15. The molecule has 0 bridgehead atoms. The summed E-state index contributed by atoms with van der Waals surface area (Å²) in [6.45, 7) is 7.78. The van der Waals surface area contributed by atoms with Gasteiger partial charge in [0.2, 0.25) is 0 Å². The summed E-state index contributed by atoms with van der Waals surface area (Å²) in [5.41, 5.74) is 1.08. The predicted octanol–water partition coefficient (Wildman–Crippen LogP) is 1.43. The van der Waals surface area contributed by atoms with Crippen molar-refractivity contribution in [3.05, 3.63) is 10.2 Å². The molecule has 6 nitrogen and oxygen atoms in total. The zero-order chi connectivity index (χ0) is 15.5. The molecule has 1 N–H and O–H groups in total. The van der Waals surface area contributed by atoms with Crippen molar-refractivity contribution < 1.29 is 4.74 Å². The maximum atomic E-state index is 5.89. The monoisotopic (exact) mass is 369 g/mol. The largest absolute Gasteiger partial charge is 0.462 e. The first kappa shape index (κ1) is 16.0. The third-order valence-corrected chi connectivity index (χ3v) is 5.31. The van der Waals surface area contributed by atoms with E-state index in [0.29, 0.717) is 18.7 Å². The Morgan fingerprint density at radius 3 is 2.73 bits per heavy atom. The first-order valence-electron chi connectivity index (χ1n) is 7.98. The Bertz CT molecular complexity index is 521. The first-order chi connectivity index (χ1) is 10.6. The van der Waals surface area contributed by atoms with Crippen LogP contribution in [0.4, 0.5) is 5.82 Å². The predicted molar refractivity (Wildman–Crippen MR) is 90.7 cm³/mol. The number of hydrogen-bond donors (Lipinski definition) is 1. The summed E-state index contributed by atoms with van der Waals surface area (Å²) in [5.74, 6) is 0.984.